The first-order valence-electron chi connectivity index (χ1n) is 5.71. The molecule has 1 rings (SSSR count). The molecule has 0 aromatic carbocycles. The molecule has 1 heterocycles. The molecular weight excluding hydrogens is 232 g/mol. The molecule has 1 N–H and O–H groups in total. The number of aromatic carboxylic acids is 1. The highest BCUT2D eigenvalue weighted by Gasteiger charge is 2.15. The number of carboxylic acids is 1. The van der Waals surface area contributed by atoms with E-state index < -0.39 is 5.97 Å². The molecule has 96 valence electrons. The Hall–Kier alpha value is -2.16. The van der Waals surface area contributed by atoms with Gasteiger partial charge in [0.1, 0.15) is 0 Å². The van der Waals surface area contributed by atoms with Gasteiger partial charge in [-0.15, -0.1) is 0 Å². The van der Waals surface area contributed by atoms with E-state index in [1.54, 1.807) is 6.92 Å². The number of carboxylic acid groups (broad SMARTS) is 1. The van der Waals surface area contributed by atoms with Crippen LogP contribution in [0.5, 0.6) is 0 Å². The van der Waals surface area contributed by atoms with E-state index in [2.05, 4.69) is 16.0 Å². The molecule has 1 aromatic rings. The van der Waals surface area contributed by atoms with Gasteiger partial charge in [0.25, 0.3) is 0 Å². The minimum absolute atomic E-state index is 0.100. The van der Waals surface area contributed by atoms with Crippen molar-refractivity contribution in [3.05, 3.63) is 17.5 Å². The molecule has 0 radical (unpaired) electrons. The maximum atomic E-state index is 10.9. The van der Waals surface area contributed by atoms with Crippen molar-refractivity contribution < 1.29 is 9.90 Å². The van der Waals surface area contributed by atoms with E-state index in [9.17, 15) is 4.79 Å². The number of aryl methyl sites for hydroxylation is 1. The van der Waals surface area contributed by atoms with E-state index in [4.69, 9.17) is 10.4 Å². The Balaban J connectivity index is 2.98. The Labute approximate surface area is 106 Å². The predicted molar refractivity (Wildman–Crippen MR) is 66.4 cm³/mol. The van der Waals surface area contributed by atoms with E-state index >= 15 is 0 Å². The number of nitriles is 1. The third kappa shape index (κ3) is 3.17. The Kier molecular flexibility index (Phi) is 4.60. The quantitative estimate of drug-likeness (QED) is 0.848. The molecule has 0 fully saturated rings. The number of carbonyl (C=O) groups is 1. The van der Waals surface area contributed by atoms with E-state index in [1.807, 2.05) is 18.7 Å². The fourth-order valence-corrected chi connectivity index (χ4v) is 1.54. The molecule has 0 bridgehead atoms. The molecule has 18 heavy (non-hydrogen) atoms. The second kappa shape index (κ2) is 5.96. The van der Waals surface area contributed by atoms with Crippen LogP contribution in [0.1, 0.15) is 29.9 Å². The molecule has 6 heteroatoms. The molecule has 0 saturated carbocycles. The van der Waals surface area contributed by atoms with Gasteiger partial charge >= 0.3 is 5.97 Å². The van der Waals surface area contributed by atoms with Crippen LogP contribution in [-0.4, -0.2) is 34.1 Å². The third-order valence-electron chi connectivity index (χ3n) is 2.58. The van der Waals surface area contributed by atoms with Gasteiger partial charge in [-0.2, -0.15) is 5.26 Å². The SMILES string of the molecule is CCN(CC(C)C#N)c1ncc(C(=O)O)c(C)n1. The number of hydrogen-bond donors (Lipinski definition) is 1. The third-order valence-corrected chi connectivity index (χ3v) is 2.58. The van der Waals surface area contributed by atoms with Crippen LogP contribution in [0, 0.1) is 24.2 Å². The lowest BCUT2D eigenvalue weighted by Crippen LogP contribution is -2.29. The van der Waals surface area contributed by atoms with Gasteiger partial charge in [-0.1, -0.05) is 0 Å². The zero-order valence-corrected chi connectivity index (χ0v) is 10.7. The fourth-order valence-electron chi connectivity index (χ4n) is 1.54. The zero-order valence-electron chi connectivity index (χ0n) is 10.7. The summed E-state index contributed by atoms with van der Waals surface area (Å²) in [6.45, 7) is 6.59. The van der Waals surface area contributed by atoms with Gasteiger partial charge in [0, 0.05) is 19.3 Å². The van der Waals surface area contributed by atoms with Crippen molar-refractivity contribution in [3.63, 3.8) is 0 Å². The van der Waals surface area contributed by atoms with E-state index in [0.29, 0.717) is 24.7 Å². The maximum absolute atomic E-state index is 10.9. The first kappa shape index (κ1) is 13.9. The average molecular weight is 248 g/mol. The molecule has 0 aliphatic heterocycles. The monoisotopic (exact) mass is 248 g/mol. The van der Waals surface area contributed by atoms with Crippen LogP contribution in [0.25, 0.3) is 0 Å². The van der Waals surface area contributed by atoms with Crippen molar-refractivity contribution in [2.45, 2.75) is 20.8 Å². The summed E-state index contributed by atoms with van der Waals surface area (Å²) in [5, 5.41) is 17.7. The molecule has 1 aromatic heterocycles. The predicted octanol–water partition coefficient (Wildman–Crippen LogP) is 1.47. The Morgan fingerprint density at radius 1 is 1.67 bits per heavy atom. The minimum Gasteiger partial charge on any atom is -0.478 e. The van der Waals surface area contributed by atoms with Gasteiger partial charge in [0.2, 0.25) is 5.95 Å². The fraction of sp³-hybridized carbons (Fsp3) is 0.500. The molecule has 0 saturated heterocycles. The summed E-state index contributed by atoms with van der Waals surface area (Å²) in [7, 11) is 0. The van der Waals surface area contributed by atoms with Crippen molar-refractivity contribution in [1.29, 1.82) is 5.26 Å². The van der Waals surface area contributed by atoms with Crippen LogP contribution in [0.15, 0.2) is 6.20 Å². The lowest BCUT2D eigenvalue weighted by atomic mass is 10.2. The second-order valence-electron chi connectivity index (χ2n) is 4.04. The topological polar surface area (TPSA) is 90.1 Å². The van der Waals surface area contributed by atoms with Gasteiger partial charge in [-0.3, -0.25) is 0 Å². The summed E-state index contributed by atoms with van der Waals surface area (Å²) in [4.78, 5) is 20.9. The number of aromatic nitrogens is 2. The molecule has 0 amide bonds. The van der Waals surface area contributed by atoms with Crippen molar-refractivity contribution in [3.8, 4) is 6.07 Å². The highest BCUT2D eigenvalue weighted by atomic mass is 16.4. The zero-order chi connectivity index (χ0) is 13.7. The average Bonchev–Trinajstić information content (AvgIpc) is 2.34. The van der Waals surface area contributed by atoms with Crippen molar-refractivity contribution >= 4 is 11.9 Å². The van der Waals surface area contributed by atoms with Crippen molar-refractivity contribution in [2.24, 2.45) is 5.92 Å². The number of hydrogen-bond acceptors (Lipinski definition) is 5. The van der Waals surface area contributed by atoms with Gasteiger partial charge in [-0.25, -0.2) is 14.8 Å². The first-order chi connectivity index (χ1) is 8.49. The van der Waals surface area contributed by atoms with Crippen LogP contribution < -0.4 is 4.90 Å². The Morgan fingerprint density at radius 2 is 2.33 bits per heavy atom. The smallest absolute Gasteiger partial charge is 0.339 e. The Morgan fingerprint density at radius 3 is 2.78 bits per heavy atom. The van der Waals surface area contributed by atoms with Gasteiger partial charge in [-0.05, 0) is 20.8 Å². The summed E-state index contributed by atoms with van der Waals surface area (Å²) in [5.41, 5.74) is 0.527. The van der Waals surface area contributed by atoms with Crippen LogP contribution in [0.2, 0.25) is 0 Å². The van der Waals surface area contributed by atoms with E-state index in [-0.39, 0.29) is 11.5 Å². The lowest BCUT2D eigenvalue weighted by Gasteiger charge is -2.22. The van der Waals surface area contributed by atoms with Crippen LogP contribution in [-0.2, 0) is 0 Å². The minimum atomic E-state index is -1.03. The second-order valence-corrected chi connectivity index (χ2v) is 4.04. The van der Waals surface area contributed by atoms with Crippen LogP contribution >= 0.6 is 0 Å². The summed E-state index contributed by atoms with van der Waals surface area (Å²) < 4.78 is 0. The summed E-state index contributed by atoms with van der Waals surface area (Å²) >= 11 is 0. The standard InChI is InChI=1S/C12H16N4O2/c1-4-16(7-8(2)5-13)12-14-6-10(11(17)18)9(3)15-12/h6,8H,4,7H2,1-3H3,(H,17,18). The van der Waals surface area contributed by atoms with Gasteiger partial charge < -0.3 is 10.0 Å². The van der Waals surface area contributed by atoms with Crippen molar-refractivity contribution in [2.75, 3.05) is 18.0 Å². The highest BCUT2D eigenvalue weighted by molar-refractivity contribution is 5.88. The molecular formula is C12H16N4O2. The molecule has 0 spiro atoms. The summed E-state index contributed by atoms with van der Waals surface area (Å²) in [5.74, 6) is -0.706. The largest absolute Gasteiger partial charge is 0.478 e. The first-order valence-corrected chi connectivity index (χ1v) is 5.71. The number of nitrogens with zero attached hydrogens (tertiary/aromatic N) is 4. The lowest BCUT2D eigenvalue weighted by molar-refractivity contribution is 0.0695. The molecule has 1 unspecified atom stereocenters. The molecule has 1 atom stereocenters. The van der Waals surface area contributed by atoms with E-state index in [0.717, 1.165) is 0 Å². The van der Waals surface area contributed by atoms with Gasteiger partial charge in [0.15, 0.2) is 0 Å². The molecule has 0 aliphatic rings. The number of anilines is 1. The normalized spacial score (nSPS) is 11.7. The van der Waals surface area contributed by atoms with Gasteiger partial charge in [0.05, 0.1) is 23.2 Å². The summed E-state index contributed by atoms with van der Waals surface area (Å²) in [6.07, 6.45) is 1.31. The number of rotatable bonds is 5. The van der Waals surface area contributed by atoms with Crippen LogP contribution in [0.3, 0.4) is 0 Å². The highest BCUT2D eigenvalue weighted by Crippen LogP contribution is 2.12. The Bertz CT molecular complexity index is 481. The van der Waals surface area contributed by atoms with Crippen molar-refractivity contribution in [1.82, 2.24) is 9.97 Å². The van der Waals surface area contributed by atoms with Crippen LogP contribution in [0.4, 0.5) is 5.95 Å². The molecule has 0 aliphatic carbocycles. The molecule has 6 nitrogen and oxygen atoms in total. The van der Waals surface area contributed by atoms with E-state index in [1.165, 1.54) is 6.20 Å². The maximum Gasteiger partial charge on any atom is 0.339 e. The summed E-state index contributed by atoms with van der Waals surface area (Å²) in [6, 6.07) is 2.15.